The van der Waals surface area contributed by atoms with Gasteiger partial charge in [0.25, 0.3) is 0 Å². The van der Waals surface area contributed by atoms with Gasteiger partial charge < -0.3 is 15.3 Å². The van der Waals surface area contributed by atoms with Gasteiger partial charge in [0.15, 0.2) is 0 Å². The molecule has 6 nitrogen and oxygen atoms in total. The minimum absolute atomic E-state index is 0.0576. The second-order valence-corrected chi connectivity index (χ2v) is 7.77. The number of carboxylic acids is 1. The lowest BCUT2D eigenvalue weighted by Crippen LogP contribution is -2.43. The van der Waals surface area contributed by atoms with Crippen LogP contribution in [0.2, 0.25) is 0 Å². The molecule has 0 spiro atoms. The first-order valence-electron chi connectivity index (χ1n) is 8.51. The van der Waals surface area contributed by atoms with Crippen molar-refractivity contribution < 1.29 is 19.5 Å². The van der Waals surface area contributed by atoms with E-state index in [0.29, 0.717) is 6.54 Å². The minimum atomic E-state index is -1.00. The lowest BCUT2D eigenvalue weighted by atomic mass is 9.86. The van der Waals surface area contributed by atoms with Gasteiger partial charge in [0.05, 0.1) is 11.3 Å². The zero-order valence-corrected chi connectivity index (χ0v) is 14.3. The Labute approximate surface area is 137 Å². The molecule has 2 N–H and O–H groups in total. The van der Waals surface area contributed by atoms with Crippen molar-refractivity contribution in [2.75, 3.05) is 13.1 Å². The van der Waals surface area contributed by atoms with E-state index < -0.39 is 11.4 Å². The van der Waals surface area contributed by atoms with Gasteiger partial charge in [0.1, 0.15) is 0 Å². The molecule has 0 radical (unpaired) electrons. The van der Waals surface area contributed by atoms with E-state index in [2.05, 4.69) is 12.2 Å². The Bertz CT molecular complexity index is 481. The Morgan fingerprint density at radius 1 is 1.26 bits per heavy atom. The molecule has 1 heterocycles. The Balaban J connectivity index is 1.87. The van der Waals surface area contributed by atoms with Gasteiger partial charge in [-0.2, -0.15) is 0 Å². The molecule has 2 aliphatic rings. The van der Waals surface area contributed by atoms with Gasteiger partial charge in [-0.05, 0) is 45.4 Å². The second-order valence-electron chi connectivity index (χ2n) is 7.77. The molecule has 23 heavy (non-hydrogen) atoms. The number of carbonyl (C=O) groups is 3. The molecule has 2 fully saturated rings. The first kappa shape index (κ1) is 17.8. The Hall–Kier alpha value is -1.59. The van der Waals surface area contributed by atoms with Gasteiger partial charge in [-0.3, -0.25) is 14.4 Å². The highest BCUT2D eigenvalue weighted by Crippen LogP contribution is 2.31. The van der Waals surface area contributed by atoms with Crippen molar-refractivity contribution in [1.29, 1.82) is 0 Å². The molecule has 1 atom stereocenters. The fourth-order valence-corrected chi connectivity index (χ4v) is 3.34. The van der Waals surface area contributed by atoms with Crippen LogP contribution < -0.4 is 5.32 Å². The van der Waals surface area contributed by atoms with Crippen LogP contribution in [-0.2, 0) is 14.4 Å². The average molecular weight is 324 g/mol. The van der Waals surface area contributed by atoms with E-state index in [4.69, 9.17) is 5.11 Å². The summed E-state index contributed by atoms with van der Waals surface area (Å²) < 4.78 is 0. The second kappa shape index (κ2) is 6.89. The number of hydrogen-bond donors (Lipinski definition) is 2. The number of rotatable bonds is 5. The van der Waals surface area contributed by atoms with Crippen molar-refractivity contribution >= 4 is 17.8 Å². The van der Waals surface area contributed by atoms with E-state index in [0.717, 1.165) is 31.6 Å². The minimum Gasteiger partial charge on any atom is -0.481 e. The largest absolute Gasteiger partial charge is 0.481 e. The molecule has 1 aliphatic heterocycles. The summed E-state index contributed by atoms with van der Waals surface area (Å²) in [4.78, 5) is 37.4. The normalized spacial score (nSPS) is 28.7. The molecule has 130 valence electrons. The monoisotopic (exact) mass is 324 g/mol. The molecule has 0 aromatic heterocycles. The van der Waals surface area contributed by atoms with Crippen LogP contribution in [0.5, 0.6) is 0 Å². The highest BCUT2D eigenvalue weighted by molar-refractivity contribution is 5.89. The standard InChI is InChI=1S/C17H28N2O4/c1-11-4-6-13(7-5-11)19-9-12(8-14(19)20)15(21)18-10-17(2,3)16(22)23/h11-13H,4-10H2,1-3H3,(H,18,21)(H,22,23). The number of likely N-dealkylation sites (tertiary alicyclic amines) is 1. The van der Waals surface area contributed by atoms with Gasteiger partial charge >= 0.3 is 5.97 Å². The van der Waals surface area contributed by atoms with Crippen LogP contribution in [-0.4, -0.2) is 46.9 Å². The topological polar surface area (TPSA) is 86.7 Å². The summed E-state index contributed by atoms with van der Waals surface area (Å²) in [6, 6.07) is 0.270. The van der Waals surface area contributed by atoms with Crippen LogP contribution in [0.25, 0.3) is 0 Å². The molecule has 2 rings (SSSR count). The van der Waals surface area contributed by atoms with Gasteiger partial charge in [-0.15, -0.1) is 0 Å². The highest BCUT2D eigenvalue weighted by atomic mass is 16.4. The van der Waals surface area contributed by atoms with Crippen molar-refractivity contribution in [3.8, 4) is 0 Å². The highest BCUT2D eigenvalue weighted by Gasteiger charge is 2.39. The number of hydrogen-bond acceptors (Lipinski definition) is 3. The number of aliphatic carboxylic acids is 1. The zero-order valence-electron chi connectivity index (χ0n) is 14.3. The molecular formula is C17H28N2O4. The maximum absolute atomic E-state index is 12.3. The van der Waals surface area contributed by atoms with E-state index in [1.54, 1.807) is 13.8 Å². The van der Waals surface area contributed by atoms with Crippen LogP contribution in [0.4, 0.5) is 0 Å². The van der Waals surface area contributed by atoms with E-state index in [-0.39, 0.29) is 36.7 Å². The smallest absolute Gasteiger partial charge is 0.310 e. The number of carboxylic acid groups (broad SMARTS) is 1. The molecule has 6 heteroatoms. The summed E-state index contributed by atoms with van der Waals surface area (Å²) >= 11 is 0. The summed E-state index contributed by atoms with van der Waals surface area (Å²) in [6.45, 7) is 5.93. The predicted molar refractivity (Wildman–Crippen MR) is 85.7 cm³/mol. The van der Waals surface area contributed by atoms with Gasteiger partial charge in [-0.25, -0.2) is 0 Å². The quantitative estimate of drug-likeness (QED) is 0.805. The third-order valence-corrected chi connectivity index (χ3v) is 5.24. The van der Waals surface area contributed by atoms with Gasteiger partial charge in [0, 0.05) is 25.6 Å². The Morgan fingerprint density at radius 3 is 2.43 bits per heavy atom. The lowest BCUT2D eigenvalue weighted by Gasteiger charge is -2.33. The van der Waals surface area contributed by atoms with Crippen molar-refractivity contribution in [2.24, 2.45) is 17.3 Å². The molecule has 0 bridgehead atoms. The third-order valence-electron chi connectivity index (χ3n) is 5.24. The number of carbonyl (C=O) groups excluding carboxylic acids is 2. The number of nitrogens with zero attached hydrogens (tertiary/aromatic N) is 1. The maximum atomic E-state index is 12.3. The SMILES string of the molecule is CC1CCC(N2CC(C(=O)NCC(C)(C)C(=O)O)CC2=O)CC1. The molecule has 1 unspecified atom stereocenters. The van der Waals surface area contributed by atoms with E-state index in [9.17, 15) is 14.4 Å². The molecule has 0 aromatic rings. The Kier molecular flexibility index (Phi) is 5.32. The molecular weight excluding hydrogens is 296 g/mol. The summed E-state index contributed by atoms with van der Waals surface area (Å²) in [7, 11) is 0. The fraction of sp³-hybridized carbons (Fsp3) is 0.824. The summed E-state index contributed by atoms with van der Waals surface area (Å²) in [5.41, 5.74) is -1.00. The van der Waals surface area contributed by atoms with Crippen molar-refractivity contribution in [1.82, 2.24) is 10.2 Å². The maximum Gasteiger partial charge on any atom is 0.310 e. The summed E-state index contributed by atoms with van der Waals surface area (Å²) in [6.07, 6.45) is 4.56. The first-order chi connectivity index (χ1) is 10.7. The van der Waals surface area contributed by atoms with Gasteiger partial charge in [0.2, 0.25) is 11.8 Å². The molecule has 1 saturated heterocycles. The van der Waals surface area contributed by atoms with Crippen molar-refractivity contribution in [3.63, 3.8) is 0 Å². The first-order valence-corrected chi connectivity index (χ1v) is 8.51. The van der Waals surface area contributed by atoms with Crippen LogP contribution in [0.3, 0.4) is 0 Å². The van der Waals surface area contributed by atoms with Crippen LogP contribution in [0, 0.1) is 17.3 Å². The van der Waals surface area contributed by atoms with E-state index in [1.165, 1.54) is 0 Å². The predicted octanol–water partition coefficient (Wildman–Crippen LogP) is 1.64. The molecule has 2 amide bonds. The lowest BCUT2D eigenvalue weighted by molar-refractivity contribution is -0.147. The summed E-state index contributed by atoms with van der Waals surface area (Å²) in [5, 5.41) is 11.8. The fourth-order valence-electron chi connectivity index (χ4n) is 3.34. The molecule has 0 aromatic carbocycles. The van der Waals surface area contributed by atoms with Crippen LogP contribution >= 0.6 is 0 Å². The zero-order chi connectivity index (χ0) is 17.2. The third kappa shape index (κ3) is 4.24. The van der Waals surface area contributed by atoms with Crippen LogP contribution in [0.15, 0.2) is 0 Å². The average Bonchev–Trinajstić information content (AvgIpc) is 2.87. The Morgan fingerprint density at radius 2 is 1.87 bits per heavy atom. The number of nitrogens with one attached hydrogen (secondary N) is 1. The molecule has 1 aliphatic carbocycles. The molecule has 1 saturated carbocycles. The van der Waals surface area contributed by atoms with E-state index >= 15 is 0 Å². The number of amides is 2. The van der Waals surface area contributed by atoms with Crippen molar-refractivity contribution in [3.05, 3.63) is 0 Å². The van der Waals surface area contributed by atoms with Gasteiger partial charge in [-0.1, -0.05) is 6.92 Å². The summed E-state index contributed by atoms with van der Waals surface area (Å²) in [5.74, 6) is -0.729. The van der Waals surface area contributed by atoms with Crippen LogP contribution in [0.1, 0.15) is 52.9 Å². The van der Waals surface area contributed by atoms with Crippen molar-refractivity contribution in [2.45, 2.75) is 58.9 Å². The van der Waals surface area contributed by atoms with E-state index in [1.807, 2.05) is 4.90 Å².